The Labute approximate surface area is 84.3 Å². The topological polar surface area (TPSA) is 59.1 Å². The Morgan fingerprint density at radius 3 is 2.79 bits per heavy atom. The number of aliphatic hydroxyl groups excluding tert-OH is 1. The van der Waals surface area contributed by atoms with Gasteiger partial charge in [0, 0.05) is 18.4 Å². The standard InChI is InChI=1S/C8H10F2N2OS/c9-5-4-6(10)8(12-7(5)11)14-3-1-2-13/h4,13H,1-3H2,(H2,11,12). The Balaban J connectivity index is 2.72. The molecule has 0 fully saturated rings. The fraction of sp³-hybridized carbons (Fsp3) is 0.375. The number of aliphatic hydroxyl groups is 1. The van der Waals surface area contributed by atoms with Crippen LogP contribution in [-0.4, -0.2) is 22.5 Å². The molecular formula is C8H10F2N2OS. The maximum absolute atomic E-state index is 13.0. The second-order valence-electron chi connectivity index (χ2n) is 2.57. The minimum Gasteiger partial charge on any atom is -0.396 e. The van der Waals surface area contributed by atoms with Gasteiger partial charge in [0.15, 0.2) is 17.5 Å². The third kappa shape index (κ3) is 2.81. The summed E-state index contributed by atoms with van der Waals surface area (Å²) in [7, 11) is 0. The predicted octanol–water partition coefficient (Wildman–Crippen LogP) is 1.42. The van der Waals surface area contributed by atoms with Gasteiger partial charge in [-0.15, -0.1) is 11.8 Å². The van der Waals surface area contributed by atoms with E-state index in [0.717, 1.165) is 11.8 Å². The largest absolute Gasteiger partial charge is 0.396 e. The molecule has 3 N–H and O–H groups in total. The molecule has 1 aromatic heterocycles. The Bertz CT molecular complexity index is 322. The molecule has 6 heteroatoms. The summed E-state index contributed by atoms with van der Waals surface area (Å²) >= 11 is 1.10. The van der Waals surface area contributed by atoms with E-state index in [1.165, 1.54) is 0 Å². The smallest absolute Gasteiger partial charge is 0.168 e. The van der Waals surface area contributed by atoms with E-state index >= 15 is 0 Å². The van der Waals surface area contributed by atoms with Crippen LogP contribution in [0.5, 0.6) is 0 Å². The molecule has 0 bridgehead atoms. The van der Waals surface area contributed by atoms with E-state index in [1.54, 1.807) is 0 Å². The summed E-state index contributed by atoms with van der Waals surface area (Å²) < 4.78 is 25.7. The van der Waals surface area contributed by atoms with Gasteiger partial charge in [0.1, 0.15) is 5.03 Å². The van der Waals surface area contributed by atoms with Gasteiger partial charge in [-0.2, -0.15) is 0 Å². The molecule has 1 aromatic rings. The fourth-order valence-electron chi connectivity index (χ4n) is 0.798. The van der Waals surface area contributed by atoms with E-state index in [0.29, 0.717) is 18.2 Å². The molecule has 0 saturated heterocycles. The minimum absolute atomic E-state index is 0.0330. The van der Waals surface area contributed by atoms with Crippen LogP contribution >= 0.6 is 11.8 Å². The summed E-state index contributed by atoms with van der Waals surface area (Å²) in [5.74, 6) is -1.36. The average Bonchev–Trinajstić information content (AvgIpc) is 2.14. The van der Waals surface area contributed by atoms with Gasteiger partial charge >= 0.3 is 0 Å². The number of hydrogen-bond donors (Lipinski definition) is 2. The van der Waals surface area contributed by atoms with Crippen molar-refractivity contribution in [3.05, 3.63) is 17.7 Å². The van der Waals surface area contributed by atoms with Crippen LogP contribution in [-0.2, 0) is 0 Å². The third-order valence-corrected chi connectivity index (χ3v) is 2.52. The lowest BCUT2D eigenvalue weighted by molar-refractivity contribution is 0.296. The van der Waals surface area contributed by atoms with Crippen molar-refractivity contribution in [2.45, 2.75) is 11.4 Å². The zero-order chi connectivity index (χ0) is 10.6. The number of anilines is 1. The summed E-state index contributed by atoms with van der Waals surface area (Å²) in [5.41, 5.74) is 5.18. The highest BCUT2D eigenvalue weighted by Gasteiger charge is 2.09. The molecule has 0 atom stereocenters. The lowest BCUT2D eigenvalue weighted by Gasteiger charge is -2.03. The van der Waals surface area contributed by atoms with Crippen LogP contribution in [0.3, 0.4) is 0 Å². The van der Waals surface area contributed by atoms with Crippen molar-refractivity contribution >= 4 is 17.6 Å². The first-order valence-electron chi connectivity index (χ1n) is 4.00. The van der Waals surface area contributed by atoms with Gasteiger partial charge in [-0.3, -0.25) is 0 Å². The summed E-state index contributed by atoms with van der Waals surface area (Å²) in [4.78, 5) is 3.55. The molecule has 0 amide bonds. The zero-order valence-electron chi connectivity index (χ0n) is 7.33. The Morgan fingerprint density at radius 2 is 2.14 bits per heavy atom. The second-order valence-corrected chi connectivity index (χ2v) is 3.65. The molecule has 0 unspecified atom stereocenters. The van der Waals surface area contributed by atoms with Gasteiger partial charge in [-0.05, 0) is 6.42 Å². The summed E-state index contributed by atoms with van der Waals surface area (Å²) in [6, 6.07) is 0.712. The van der Waals surface area contributed by atoms with Crippen LogP contribution < -0.4 is 5.73 Å². The molecule has 0 aromatic carbocycles. The number of nitrogens with two attached hydrogens (primary N) is 1. The lowest BCUT2D eigenvalue weighted by Crippen LogP contribution is -1.99. The molecule has 3 nitrogen and oxygen atoms in total. The van der Waals surface area contributed by atoms with Gasteiger partial charge in [0.25, 0.3) is 0 Å². The maximum atomic E-state index is 13.0. The average molecular weight is 220 g/mol. The van der Waals surface area contributed by atoms with Gasteiger partial charge in [-0.1, -0.05) is 0 Å². The molecular weight excluding hydrogens is 210 g/mol. The van der Waals surface area contributed by atoms with E-state index in [-0.39, 0.29) is 17.5 Å². The number of aromatic nitrogens is 1. The van der Waals surface area contributed by atoms with Crippen molar-refractivity contribution in [3.8, 4) is 0 Å². The first-order chi connectivity index (χ1) is 6.65. The third-order valence-electron chi connectivity index (χ3n) is 1.47. The van der Waals surface area contributed by atoms with Crippen molar-refractivity contribution in [3.63, 3.8) is 0 Å². The van der Waals surface area contributed by atoms with Crippen LogP contribution in [0, 0.1) is 11.6 Å². The predicted molar refractivity (Wildman–Crippen MR) is 51.0 cm³/mol. The van der Waals surface area contributed by atoms with Crippen LogP contribution in [0.25, 0.3) is 0 Å². The summed E-state index contributed by atoms with van der Waals surface area (Å²) in [6.45, 7) is 0.0330. The molecule has 1 heterocycles. The Morgan fingerprint density at radius 1 is 1.43 bits per heavy atom. The number of pyridine rings is 1. The first kappa shape index (κ1) is 11.2. The number of nitrogens with zero attached hydrogens (tertiary/aromatic N) is 1. The molecule has 0 aliphatic rings. The highest BCUT2D eigenvalue weighted by molar-refractivity contribution is 7.99. The lowest BCUT2D eigenvalue weighted by atomic mass is 10.4. The van der Waals surface area contributed by atoms with E-state index in [2.05, 4.69) is 4.98 Å². The molecule has 1 rings (SSSR count). The number of nitrogen functional groups attached to an aromatic ring is 1. The summed E-state index contributed by atoms with van der Waals surface area (Å²) in [6.07, 6.45) is 0.531. The van der Waals surface area contributed by atoms with Crippen molar-refractivity contribution in [2.24, 2.45) is 0 Å². The number of hydrogen-bond acceptors (Lipinski definition) is 4. The maximum Gasteiger partial charge on any atom is 0.168 e. The number of halogens is 2. The van der Waals surface area contributed by atoms with Crippen LogP contribution in [0.4, 0.5) is 14.6 Å². The molecule has 0 radical (unpaired) electrons. The second kappa shape index (κ2) is 5.11. The molecule has 14 heavy (non-hydrogen) atoms. The van der Waals surface area contributed by atoms with Crippen molar-refractivity contribution in [1.29, 1.82) is 0 Å². The SMILES string of the molecule is Nc1nc(SCCCO)c(F)cc1F. The highest BCUT2D eigenvalue weighted by atomic mass is 32.2. The van der Waals surface area contributed by atoms with Crippen LogP contribution in [0.2, 0.25) is 0 Å². The molecule has 0 spiro atoms. The van der Waals surface area contributed by atoms with Crippen LogP contribution in [0.1, 0.15) is 6.42 Å². The number of thioether (sulfide) groups is 1. The molecule has 0 aliphatic carbocycles. The monoisotopic (exact) mass is 220 g/mol. The van der Waals surface area contributed by atoms with E-state index in [1.807, 2.05) is 0 Å². The quantitative estimate of drug-likeness (QED) is 0.595. The molecule has 0 aliphatic heterocycles. The van der Waals surface area contributed by atoms with Crippen molar-refractivity contribution < 1.29 is 13.9 Å². The highest BCUT2D eigenvalue weighted by Crippen LogP contribution is 2.22. The van der Waals surface area contributed by atoms with E-state index in [9.17, 15) is 8.78 Å². The van der Waals surface area contributed by atoms with E-state index in [4.69, 9.17) is 10.8 Å². The Kier molecular flexibility index (Phi) is 4.09. The zero-order valence-corrected chi connectivity index (χ0v) is 8.15. The molecule has 0 saturated carbocycles. The fourth-order valence-corrected chi connectivity index (χ4v) is 1.62. The van der Waals surface area contributed by atoms with Gasteiger partial charge < -0.3 is 10.8 Å². The van der Waals surface area contributed by atoms with Gasteiger partial charge in [-0.25, -0.2) is 13.8 Å². The minimum atomic E-state index is -0.853. The van der Waals surface area contributed by atoms with Crippen molar-refractivity contribution in [2.75, 3.05) is 18.1 Å². The van der Waals surface area contributed by atoms with E-state index < -0.39 is 11.6 Å². The van der Waals surface area contributed by atoms with Crippen LogP contribution in [0.15, 0.2) is 11.1 Å². The summed E-state index contributed by atoms with van der Waals surface area (Å²) in [5, 5.41) is 8.57. The Hall–Kier alpha value is -0.880. The number of rotatable bonds is 4. The molecule has 78 valence electrons. The normalized spacial score (nSPS) is 10.5. The van der Waals surface area contributed by atoms with Gasteiger partial charge in [0.2, 0.25) is 0 Å². The first-order valence-corrected chi connectivity index (χ1v) is 4.99. The van der Waals surface area contributed by atoms with Gasteiger partial charge in [0.05, 0.1) is 0 Å². The van der Waals surface area contributed by atoms with Crippen molar-refractivity contribution in [1.82, 2.24) is 4.98 Å².